The maximum absolute atomic E-state index is 9.29. The van der Waals surface area contributed by atoms with Crippen LogP contribution in [0.4, 0.5) is 5.69 Å². The van der Waals surface area contributed by atoms with Gasteiger partial charge in [0, 0.05) is 24.5 Å². The lowest BCUT2D eigenvalue weighted by atomic mass is 10.1. The highest BCUT2D eigenvalue weighted by atomic mass is 15.2. The van der Waals surface area contributed by atoms with Crippen LogP contribution in [0.2, 0.25) is 0 Å². The number of benzene rings is 1. The number of nitriles is 1. The van der Waals surface area contributed by atoms with Gasteiger partial charge in [0.2, 0.25) is 0 Å². The SMILES string of the molecule is N#Cc1nnc2ccccc2c1N1CCCC1CN. The van der Waals surface area contributed by atoms with E-state index in [2.05, 4.69) is 21.2 Å². The van der Waals surface area contributed by atoms with Crippen molar-refractivity contribution in [2.75, 3.05) is 18.0 Å². The van der Waals surface area contributed by atoms with E-state index < -0.39 is 0 Å². The van der Waals surface area contributed by atoms with Crippen molar-refractivity contribution in [1.29, 1.82) is 5.26 Å². The number of fused-ring (bicyclic) bond motifs is 1. The molecule has 1 aromatic heterocycles. The molecule has 0 radical (unpaired) electrons. The number of rotatable bonds is 2. The normalized spacial score (nSPS) is 18.7. The molecule has 5 heteroatoms. The van der Waals surface area contributed by atoms with Crippen molar-refractivity contribution in [2.24, 2.45) is 5.73 Å². The molecule has 1 aromatic carbocycles. The van der Waals surface area contributed by atoms with Crippen molar-refractivity contribution >= 4 is 16.6 Å². The minimum Gasteiger partial charge on any atom is -0.364 e. The van der Waals surface area contributed by atoms with E-state index in [1.54, 1.807) is 0 Å². The summed E-state index contributed by atoms with van der Waals surface area (Å²) in [4.78, 5) is 2.22. The fourth-order valence-electron chi connectivity index (χ4n) is 2.78. The molecule has 1 fully saturated rings. The molecular formula is C14H15N5. The summed E-state index contributed by atoms with van der Waals surface area (Å²) < 4.78 is 0. The van der Waals surface area contributed by atoms with Gasteiger partial charge >= 0.3 is 0 Å². The van der Waals surface area contributed by atoms with E-state index >= 15 is 0 Å². The minimum absolute atomic E-state index is 0.291. The zero-order valence-electron chi connectivity index (χ0n) is 10.6. The fraction of sp³-hybridized carbons (Fsp3) is 0.357. The van der Waals surface area contributed by atoms with Crippen LogP contribution >= 0.6 is 0 Å². The number of hydrogen-bond acceptors (Lipinski definition) is 5. The lowest BCUT2D eigenvalue weighted by molar-refractivity contribution is 0.676. The predicted molar refractivity (Wildman–Crippen MR) is 73.7 cm³/mol. The highest BCUT2D eigenvalue weighted by molar-refractivity contribution is 5.93. The number of aromatic nitrogens is 2. The zero-order chi connectivity index (χ0) is 13.2. The molecule has 1 aliphatic rings. The second-order valence-electron chi connectivity index (χ2n) is 4.75. The summed E-state index contributed by atoms with van der Waals surface area (Å²) in [6.45, 7) is 1.52. The van der Waals surface area contributed by atoms with Gasteiger partial charge < -0.3 is 10.6 Å². The van der Waals surface area contributed by atoms with Gasteiger partial charge in [-0.05, 0) is 18.9 Å². The van der Waals surface area contributed by atoms with Crippen LogP contribution in [0.5, 0.6) is 0 Å². The molecule has 2 heterocycles. The van der Waals surface area contributed by atoms with Crippen LogP contribution in [-0.2, 0) is 0 Å². The third-order valence-electron chi connectivity index (χ3n) is 3.68. The number of anilines is 1. The van der Waals surface area contributed by atoms with Gasteiger partial charge in [0.25, 0.3) is 0 Å². The Kier molecular flexibility index (Phi) is 3.02. The van der Waals surface area contributed by atoms with Crippen LogP contribution in [-0.4, -0.2) is 29.3 Å². The average molecular weight is 253 g/mol. The van der Waals surface area contributed by atoms with E-state index in [4.69, 9.17) is 5.73 Å². The Bertz CT molecular complexity index is 646. The Labute approximate surface area is 111 Å². The van der Waals surface area contributed by atoms with Crippen LogP contribution in [0.1, 0.15) is 18.5 Å². The first-order valence-electron chi connectivity index (χ1n) is 6.47. The van der Waals surface area contributed by atoms with Crippen LogP contribution in [0, 0.1) is 11.3 Å². The summed E-state index contributed by atoms with van der Waals surface area (Å²) in [5, 5.41) is 18.4. The minimum atomic E-state index is 0.291. The summed E-state index contributed by atoms with van der Waals surface area (Å²) in [6, 6.07) is 10.2. The summed E-state index contributed by atoms with van der Waals surface area (Å²) in [5.74, 6) is 0. The molecule has 1 unspecified atom stereocenters. The Morgan fingerprint density at radius 2 is 2.21 bits per heavy atom. The first-order chi connectivity index (χ1) is 9.35. The zero-order valence-corrected chi connectivity index (χ0v) is 10.6. The highest BCUT2D eigenvalue weighted by Crippen LogP contribution is 2.32. The van der Waals surface area contributed by atoms with E-state index in [-0.39, 0.29) is 0 Å². The van der Waals surface area contributed by atoms with E-state index in [9.17, 15) is 5.26 Å². The van der Waals surface area contributed by atoms with Crippen LogP contribution in [0.3, 0.4) is 0 Å². The van der Waals surface area contributed by atoms with Gasteiger partial charge in [0.15, 0.2) is 5.69 Å². The van der Waals surface area contributed by atoms with E-state index in [1.165, 1.54) is 0 Å². The largest absolute Gasteiger partial charge is 0.364 e. The molecular weight excluding hydrogens is 238 g/mol. The number of nitrogens with zero attached hydrogens (tertiary/aromatic N) is 4. The smallest absolute Gasteiger partial charge is 0.187 e. The molecule has 0 aliphatic carbocycles. The van der Waals surface area contributed by atoms with Crippen molar-refractivity contribution in [1.82, 2.24) is 10.2 Å². The monoisotopic (exact) mass is 253 g/mol. The molecule has 1 aliphatic heterocycles. The van der Waals surface area contributed by atoms with Gasteiger partial charge in [-0.1, -0.05) is 18.2 Å². The Hall–Kier alpha value is -2.19. The molecule has 0 spiro atoms. The third kappa shape index (κ3) is 1.90. The number of hydrogen-bond donors (Lipinski definition) is 1. The molecule has 0 amide bonds. The first kappa shape index (κ1) is 11.9. The molecule has 0 saturated carbocycles. The molecule has 0 bridgehead atoms. The molecule has 19 heavy (non-hydrogen) atoms. The maximum Gasteiger partial charge on any atom is 0.187 e. The molecule has 2 aromatic rings. The van der Waals surface area contributed by atoms with Crippen LogP contribution in [0.25, 0.3) is 10.9 Å². The standard InChI is InChI=1S/C14H15N5/c15-8-10-4-3-7-19(10)14-11-5-1-2-6-12(11)17-18-13(14)9-16/h1-2,5-6,10H,3-4,7-8,15H2. The lowest BCUT2D eigenvalue weighted by Crippen LogP contribution is -2.36. The van der Waals surface area contributed by atoms with Gasteiger partial charge in [0.05, 0.1) is 11.2 Å². The fourth-order valence-corrected chi connectivity index (χ4v) is 2.78. The Balaban J connectivity index is 2.23. The maximum atomic E-state index is 9.29. The third-order valence-corrected chi connectivity index (χ3v) is 3.68. The predicted octanol–water partition coefficient (Wildman–Crippen LogP) is 1.43. The van der Waals surface area contributed by atoms with Crippen molar-refractivity contribution in [3.05, 3.63) is 30.0 Å². The van der Waals surface area contributed by atoms with Gasteiger partial charge in [-0.15, -0.1) is 10.2 Å². The van der Waals surface area contributed by atoms with E-state index in [0.717, 1.165) is 36.0 Å². The lowest BCUT2D eigenvalue weighted by Gasteiger charge is -2.27. The van der Waals surface area contributed by atoms with Crippen molar-refractivity contribution in [2.45, 2.75) is 18.9 Å². The second-order valence-corrected chi connectivity index (χ2v) is 4.75. The summed E-state index contributed by atoms with van der Waals surface area (Å²) >= 11 is 0. The summed E-state index contributed by atoms with van der Waals surface area (Å²) in [7, 11) is 0. The molecule has 96 valence electrons. The highest BCUT2D eigenvalue weighted by Gasteiger charge is 2.27. The van der Waals surface area contributed by atoms with Gasteiger partial charge in [0.1, 0.15) is 6.07 Å². The molecule has 1 saturated heterocycles. The van der Waals surface area contributed by atoms with Gasteiger partial charge in [-0.25, -0.2) is 0 Å². The van der Waals surface area contributed by atoms with Gasteiger partial charge in [-0.3, -0.25) is 0 Å². The van der Waals surface area contributed by atoms with E-state index in [1.807, 2.05) is 24.3 Å². The second kappa shape index (κ2) is 4.82. The van der Waals surface area contributed by atoms with Crippen LogP contribution in [0.15, 0.2) is 24.3 Å². The Morgan fingerprint density at radius 3 is 3.00 bits per heavy atom. The van der Waals surface area contributed by atoms with E-state index in [0.29, 0.717) is 18.3 Å². The quantitative estimate of drug-likeness (QED) is 0.875. The van der Waals surface area contributed by atoms with Crippen molar-refractivity contribution in [3.8, 4) is 6.07 Å². The topological polar surface area (TPSA) is 78.8 Å². The molecule has 1 atom stereocenters. The summed E-state index contributed by atoms with van der Waals surface area (Å²) in [5.41, 5.74) is 7.93. The van der Waals surface area contributed by atoms with Crippen molar-refractivity contribution in [3.63, 3.8) is 0 Å². The first-order valence-corrected chi connectivity index (χ1v) is 6.47. The number of nitrogens with two attached hydrogens (primary N) is 1. The Morgan fingerprint density at radius 1 is 1.37 bits per heavy atom. The average Bonchev–Trinajstić information content (AvgIpc) is 2.94. The molecule has 5 nitrogen and oxygen atoms in total. The summed E-state index contributed by atoms with van der Waals surface area (Å²) in [6.07, 6.45) is 2.17. The van der Waals surface area contributed by atoms with Gasteiger partial charge in [-0.2, -0.15) is 5.26 Å². The molecule has 3 rings (SSSR count). The van der Waals surface area contributed by atoms with Crippen LogP contribution < -0.4 is 10.6 Å². The van der Waals surface area contributed by atoms with Crippen molar-refractivity contribution < 1.29 is 0 Å². The molecule has 2 N–H and O–H groups in total.